The van der Waals surface area contributed by atoms with Crippen LogP contribution in [0.5, 0.6) is 0 Å². The van der Waals surface area contributed by atoms with Gasteiger partial charge in [-0.1, -0.05) is 35.3 Å². The highest BCUT2D eigenvalue weighted by Crippen LogP contribution is 2.16. The van der Waals surface area contributed by atoms with Crippen LogP contribution in [0.4, 0.5) is 11.4 Å². The van der Waals surface area contributed by atoms with E-state index in [4.69, 9.17) is 23.2 Å². The van der Waals surface area contributed by atoms with Crippen LogP contribution in [-0.4, -0.2) is 10.1 Å². The molecule has 0 saturated heterocycles. The molecule has 5 nitrogen and oxygen atoms in total. The van der Waals surface area contributed by atoms with Crippen LogP contribution in [0.3, 0.4) is 0 Å². The molecule has 0 heterocycles. The number of benzene rings is 2. The van der Waals surface area contributed by atoms with Crippen molar-refractivity contribution in [1.29, 1.82) is 0 Å². The van der Waals surface area contributed by atoms with Gasteiger partial charge in [0.2, 0.25) is 0 Å². The van der Waals surface area contributed by atoms with E-state index >= 15 is 0 Å². The van der Waals surface area contributed by atoms with Crippen molar-refractivity contribution in [3.8, 4) is 0 Å². The summed E-state index contributed by atoms with van der Waals surface area (Å²) in [5, 5.41) is 15.4. The number of halogens is 2. The van der Waals surface area contributed by atoms with Crippen LogP contribution in [0.1, 0.15) is 5.56 Å². The van der Waals surface area contributed by atoms with Gasteiger partial charge in [-0.15, -0.1) is 0 Å². The Morgan fingerprint density at radius 2 is 1.70 bits per heavy atom. The summed E-state index contributed by atoms with van der Waals surface area (Å²) >= 11 is 11.8. The first-order chi connectivity index (χ1) is 9.56. The van der Waals surface area contributed by atoms with Crippen molar-refractivity contribution < 1.29 is 4.92 Å². The predicted molar refractivity (Wildman–Crippen MR) is 80.6 cm³/mol. The van der Waals surface area contributed by atoms with Gasteiger partial charge in [0.25, 0.3) is 5.69 Å². The molecule has 7 heteroatoms. The smallest absolute Gasteiger partial charge is 0.269 e. The number of nitro groups is 1. The SMILES string of the molecule is O=[N+]([O-])c1ccc(N/N=C(/Cl)c2ccc(Cl)cc2)cc1. The van der Waals surface area contributed by atoms with Gasteiger partial charge in [-0.25, -0.2) is 0 Å². The number of nitrogens with one attached hydrogen (secondary N) is 1. The van der Waals surface area contributed by atoms with E-state index in [2.05, 4.69) is 10.5 Å². The zero-order chi connectivity index (χ0) is 14.5. The van der Waals surface area contributed by atoms with Crippen LogP contribution in [0.25, 0.3) is 0 Å². The number of hydrogen-bond acceptors (Lipinski definition) is 4. The van der Waals surface area contributed by atoms with Crippen molar-refractivity contribution in [2.24, 2.45) is 5.10 Å². The highest BCUT2D eigenvalue weighted by Gasteiger charge is 2.04. The normalized spacial score (nSPS) is 11.2. The predicted octanol–water partition coefficient (Wildman–Crippen LogP) is 4.26. The molecule has 20 heavy (non-hydrogen) atoms. The van der Waals surface area contributed by atoms with Gasteiger partial charge in [-0.3, -0.25) is 15.5 Å². The number of nitro benzene ring substituents is 1. The van der Waals surface area contributed by atoms with Crippen molar-refractivity contribution in [3.63, 3.8) is 0 Å². The summed E-state index contributed by atoms with van der Waals surface area (Å²) in [5.74, 6) is 0. The van der Waals surface area contributed by atoms with E-state index in [-0.39, 0.29) is 10.9 Å². The Hall–Kier alpha value is -2.11. The molecule has 0 fully saturated rings. The minimum atomic E-state index is -0.465. The standard InChI is InChI=1S/C13H9Cl2N3O2/c14-10-3-1-9(2-4-10)13(15)17-16-11-5-7-12(8-6-11)18(19)20/h1-8,16H/b17-13+. The van der Waals surface area contributed by atoms with Crippen LogP contribution >= 0.6 is 23.2 Å². The molecule has 102 valence electrons. The van der Waals surface area contributed by atoms with Crippen molar-refractivity contribution >= 4 is 39.7 Å². The molecule has 0 aliphatic rings. The number of rotatable bonds is 4. The maximum atomic E-state index is 10.5. The fourth-order valence-electron chi connectivity index (χ4n) is 1.42. The number of hydrogen-bond donors (Lipinski definition) is 1. The molecular formula is C13H9Cl2N3O2. The van der Waals surface area contributed by atoms with Crippen LogP contribution in [0.15, 0.2) is 53.6 Å². The first kappa shape index (κ1) is 14.3. The van der Waals surface area contributed by atoms with E-state index in [1.807, 2.05) is 0 Å². The van der Waals surface area contributed by atoms with Crippen molar-refractivity contribution in [2.45, 2.75) is 0 Å². The number of nitrogens with zero attached hydrogens (tertiary/aromatic N) is 2. The Morgan fingerprint density at radius 1 is 1.10 bits per heavy atom. The average Bonchev–Trinajstić information content (AvgIpc) is 2.46. The van der Waals surface area contributed by atoms with Gasteiger partial charge in [-0.2, -0.15) is 5.10 Å². The first-order valence-electron chi connectivity index (χ1n) is 5.56. The molecule has 1 N–H and O–H groups in total. The second-order valence-corrected chi connectivity index (χ2v) is 4.62. The third kappa shape index (κ3) is 3.69. The highest BCUT2D eigenvalue weighted by molar-refractivity contribution is 6.69. The summed E-state index contributed by atoms with van der Waals surface area (Å²) in [7, 11) is 0. The topological polar surface area (TPSA) is 67.5 Å². The van der Waals surface area contributed by atoms with Crippen LogP contribution in [-0.2, 0) is 0 Å². The molecule has 0 aliphatic carbocycles. The first-order valence-corrected chi connectivity index (χ1v) is 6.31. The van der Waals surface area contributed by atoms with E-state index in [9.17, 15) is 10.1 Å². The third-order valence-electron chi connectivity index (χ3n) is 2.44. The number of non-ortho nitro benzene ring substituents is 1. The van der Waals surface area contributed by atoms with Gasteiger partial charge < -0.3 is 0 Å². The Morgan fingerprint density at radius 3 is 2.25 bits per heavy atom. The van der Waals surface area contributed by atoms with Gasteiger partial charge in [0.15, 0.2) is 5.17 Å². The lowest BCUT2D eigenvalue weighted by Gasteiger charge is -2.02. The Bertz CT molecular complexity index is 640. The largest absolute Gasteiger partial charge is 0.277 e. The molecule has 0 amide bonds. The molecule has 0 spiro atoms. The molecule has 0 aromatic heterocycles. The average molecular weight is 310 g/mol. The fraction of sp³-hybridized carbons (Fsp3) is 0. The van der Waals surface area contributed by atoms with E-state index < -0.39 is 4.92 Å². The van der Waals surface area contributed by atoms with Crippen LogP contribution in [0, 0.1) is 10.1 Å². The van der Waals surface area contributed by atoms with E-state index in [1.54, 1.807) is 36.4 Å². The van der Waals surface area contributed by atoms with E-state index in [0.29, 0.717) is 16.3 Å². The molecule has 0 bridgehead atoms. The van der Waals surface area contributed by atoms with Gasteiger partial charge in [0.1, 0.15) is 0 Å². The second kappa shape index (κ2) is 6.36. The quantitative estimate of drug-likeness (QED) is 0.521. The summed E-state index contributed by atoms with van der Waals surface area (Å²) in [6.45, 7) is 0. The highest BCUT2D eigenvalue weighted by atomic mass is 35.5. The maximum Gasteiger partial charge on any atom is 0.269 e. The van der Waals surface area contributed by atoms with Crippen LogP contribution in [0.2, 0.25) is 5.02 Å². The Balaban J connectivity index is 2.08. The lowest BCUT2D eigenvalue weighted by Crippen LogP contribution is -1.97. The summed E-state index contributed by atoms with van der Waals surface area (Å²) in [6.07, 6.45) is 0. The summed E-state index contributed by atoms with van der Waals surface area (Å²) in [6, 6.07) is 12.8. The van der Waals surface area contributed by atoms with Crippen molar-refractivity contribution in [3.05, 3.63) is 69.2 Å². The zero-order valence-corrected chi connectivity index (χ0v) is 11.6. The zero-order valence-electron chi connectivity index (χ0n) is 10.1. The summed E-state index contributed by atoms with van der Waals surface area (Å²) in [5.41, 5.74) is 4.05. The lowest BCUT2D eigenvalue weighted by molar-refractivity contribution is -0.384. The molecule has 0 aliphatic heterocycles. The van der Waals surface area contributed by atoms with E-state index in [0.717, 1.165) is 0 Å². The van der Waals surface area contributed by atoms with Crippen LogP contribution < -0.4 is 5.43 Å². The molecular weight excluding hydrogens is 301 g/mol. The van der Waals surface area contributed by atoms with Gasteiger partial charge in [0, 0.05) is 22.7 Å². The number of anilines is 1. The lowest BCUT2D eigenvalue weighted by atomic mass is 10.2. The summed E-state index contributed by atoms with van der Waals surface area (Å²) < 4.78 is 0. The molecule has 2 aromatic carbocycles. The monoisotopic (exact) mass is 309 g/mol. The second-order valence-electron chi connectivity index (χ2n) is 3.83. The molecule has 2 rings (SSSR count). The molecule has 0 saturated carbocycles. The Kier molecular flexibility index (Phi) is 4.55. The van der Waals surface area contributed by atoms with Crippen molar-refractivity contribution in [1.82, 2.24) is 0 Å². The van der Waals surface area contributed by atoms with Gasteiger partial charge >= 0.3 is 0 Å². The molecule has 0 radical (unpaired) electrons. The van der Waals surface area contributed by atoms with E-state index in [1.165, 1.54) is 12.1 Å². The third-order valence-corrected chi connectivity index (χ3v) is 3.00. The van der Waals surface area contributed by atoms with Crippen molar-refractivity contribution in [2.75, 3.05) is 5.43 Å². The molecule has 2 aromatic rings. The fourth-order valence-corrected chi connectivity index (χ4v) is 1.72. The minimum Gasteiger partial charge on any atom is -0.277 e. The molecule has 0 unspecified atom stereocenters. The minimum absolute atomic E-state index is 0.0170. The van der Waals surface area contributed by atoms with Gasteiger partial charge in [-0.05, 0) is 24.3 Å². The maximum absolute atomic E-state index is 10.5. The molecule has 0 atom stereocenters. The van der Waals surface area contributed by atoms with Gasteiger partial charge in [0.05, 0.1) is 10.6 Å². The summed E-state index contributed by atoms with van der Waals surface area (Å²) in [4.78, 5) is 10.1. The Labute approximate surface area is 125 Å². The number of hydrazone groups is 1.